The third-order valence-electron chi connectivity index (χ3n) is 3.02. The number of hydrogen-bond acceptors (Lipinski definition) is 3. The van der Waals surface area contributed by atoms with E-state index < -0.39 is 0 Å². The fraction of sp³-hybridized carbons (Fsp3) is 0.0667. The first-order valence-electron chi connectivity index (χ1n) is 6.20. The number of benzene rings is 1. The molecule has 0 saturated carbocycles. The van der Waals surface area contributed by atoms with Gasteiger partial charge in [-0.15, -0.1) is 11.3 Å². The lowest BCUT2D eigenvalue weighted by atomic mass is 10.1. The van der Waals surface area contributed by atoms with Crippen molar-refractivity contribution in [1.82, 2.24) is 10.2 Å². The standard InChI is InChI=1S/C15H13N3OS/c1-10-9-16-18-14(10)17-15(19)13-12(7-8-20-13)11-5-3-2-4-6-11/h2-9H,1H3,(H2,16,17,18,19). The summed E-state index contributed by atoms with van der Waals surface area (Å²) in [7, 11) is 0. The second-order valence-corrected chi connectivity index (χ2v) is 5.33. The van der Waals surface area contributed by atoms with Crippen LogP contribution < -0.4 is 5.32 Å². The van der Waals surface area contributed by atoms with Gasteiger partial charge in [0.2, 0.25) is 0 Å². The number of rotatable bonds is 3. The number of carbonyl (C=O) groups is 1. The predicted octanol–water partition coefficient (Wildman–Crippen LogP) is 3.70. The van der Waals surface area contributed by atoms with Crippen LogP contribution >= 0.6 is 11.3 Å². The SMILES string of the molecule is Cc1cn[nH]c1NC(=O)c1sccc1-c1ccccc1. The van der Waals surface area contributed by atoms with E-state index in [9.17, 15) is 4.79 Å². The number of nitrogens with one attached hydrogen (secondary N) is 2. The first-order chi connectivity index (χ1) is 9.75. The minimum atomic E-state index is -0.119. The van der Waals surface area contributed by atoms with E-state index in [-0.39, 0.29) is 5.91 Å². The predicted molar refractivity (Wildman–Crippen MR) is 81.0 cm³/mol. The number of amides is 1. The zero-order valence-corrected chi connectivity index (χ0v) is 11.7. The van der Waals surface area contributed by atoms with Gasteiger partial charge in [0.1, 0.15) is 10.7 Å². The van der Waals surface area contributed by atoms with Crippen molar-refractivity contribution in [2.24, 2.45) is 0 Å². The van der Waals surface area contributed by atoms with Crippen LogP contribution in [0.4, 0.5) is 5.82 Å². The van der Waals surface area contributed by atoms with Crippen molar-refractivity contribution in [2.75, 3.05) is 5.32 Å². The Labute approximate surface area is 120 Å². The number of anilines is 1. The van der Waals surface area contributed by atoms with E-state index in [2.05, 4.69) is 15.5 Å². The fourth-order valence-electron chi connectivity index (χ4n) is 1.97. The minimum Gasteiger partial charge on any atom is -0.306 e. The van der Waals surface area contributed by atoms with Crippen molar-refractivity contribution >= 4 is 23.1 Å². The maximum atomic E-state index is 12.4. The second-order valence-electron chi connectivity index (χ2n) is 4.41. The Balaban J connectivity index is 1.90. The van der Waals surface area contributed by atoms with Gasteiger partial charge in [0.15, 0.2) is 0 Å². The Kier molecular flexibility index (Phi) is 3.35. The van der Waals surface area contributed by atoms with Crippen molar-refractivity contribution in [1.29, 1.82) is 0 Å². The van der Waals surface area contributed by atoms with E-state index in [4.69, 9.17) is 0 Å². The summed E-state index contributed by atoms with van der Waals surface area (Å²) in [4.78, 5) is 13.1. The van der Waals surface area contributed by atoms with Gasteiger partial charge >= 0.3 is 0 Å². The van der Waals surface area contributed by atoms with Gasteiger partial charge in [0, 0.05) is 11.1 Å². The molecule has 0 spiro atoms. The largest absolute Gasteiger partial charge is 0.306 e. The molecule has 100 valence electrons. The average Bonchev–Trinajstić information content (AvgIpc) is 3.09. The molecule has 0 fully saturated rings. The highest BCUT2D eigenvalue weighted by Gasteiger charge is 2.15. The van der Waals surface area contributed by atoms with Crippen molar-refractivity contribution < 1.29 is 4.79 Å². The van der Waals surface area contributed by atoms with Crippen molar-refractivity contribution in [3.05, 3.63) is 58.4 Å². The topological polar surface area (TPSA) is 57.8 Å². The minimum absolute atomic E-state index is 0.119. The van der Waals surface area contributed by atoms with Gasteiger partial charge in [-0.3, -0.25) is 9.89 Å². The lowest BCUT2D eigenvalue weighted by molar-refractivity contribution is 0.103. The van der Waals surface area contributed by atoms with Crippen molar-refractivity contribution in [2.45, 2.75) is 6.92 Å². The molecule has 0 aliphatic rings. The van der Waals surface area contributed by atoms with Gasteiger partial charge in [-0.2, -0.15) is 5.10 Å². The van der Waals surface area contributed by atoms with E-state index in [0.29, 0.717) is 10.7 Å². The smallest absolute Gasteiger partial charge is 0.267 e. The monoisotopic (exact) mass is 283 g/mol. The molecule has 0 bridgehead atoms. The van der Waals surface area contributed by atoms with Crippen LogP contribution in [0.2, 0.25) is 0 Å². The molecule has 20 heavy (non-hydrogen) atoms. The maximum Gasteiger partial charge on any atom is 0.267 e. The van der Waals surface area contributed by atoms with E-state index in [1.54, 1.807) is 6.20 Å². The Morgan fingerprint density at radius 3 is 2.75 bits per heavy atom. The first-order valence-corrected chi connectivity index (χ1v) is 7.08. The van der Waals surface area contributed by atoms with E-state index in [1.807, 2.05) is 48.7 Å². The number of H-pyrrole nitrogens is 1. The van der Waals surface area contributed by atoms with Gasteiger partial charge in [0.05, 0.1) is 6.20 Å². The Hall–Kier alpha value is -2.40. The molecule has 5 heteroatoms. The third kappa shape index (κ3) is 2.35. The van der Waals surface area contributed by atoms with Gasteiger partial charge in [-0.25, -0.2) is 0 Å². The van der Waals surface area contributed by atoms with Crippen LogP contribution in [0, 0.1) is 6.92 Å². The quantitative estimate of drug-likeness (QED) is 0.770. The van der Waals surface area contributed by atoms with Gasteiger partial charge in [-0.1, -0.05) is 30.3 Å². The van der Waals surface area contributed by atoms with Gasteiger partial charge in [0.25, 0.3) is 5.91 Å². The lowest BCUT2D eigenvalue weighted by Crippen LogP contribution is -2.12. The van der Waals surface area contributed by atoms with Crippen LogP contribution in [0.15, 0.2) is 48.0 Å². The van der Waals surface area contributed by atoms with Crippen LogP contribution in [0.25, 0.3) is 11.1 Å². The number of aromatic nitrogens is 2. The number of aromatic amines is 1. The molecule has 0 aliphatic carbocycles. The highest BCUT2D eigenvalue weighted by atomic mass is 32.1. The highest BCUT2D eigenvalue weighted by molar-refractivity contribution is 7.12. The molecule has 2 heterocycles. The maximum absolute atomic E-state index is 12.4. The number of hydrogen-bond donors (Lipinski definition) is 2. The summed E-state index contributed by atoms with van der Waals surface area (Å²) in [6, 6.07) is 11.9. The summed E-state index contributed by atoms with van der Waals surface area (Å²) in [6.07, 6.45) is 1.68. The van der Waals surface area contributed by atoms with Crippen LogP contribution in [0.3, 0.4) is 0 Å². The van der Waals surface area contributed by atoms with Crippen LogP contribution in [-0.4, -0.2) is 16.1 Å². The molecule has 4 nitrogen and oxygen atoms in total. The van der Waals surface area contributed by atoms with E-state index >= 15 is 0 Å². The summed E-state index contributed by atoms with van der Waals surface area (Å²) in [6.45, 7) is 1.89. The van der Waals surface area contributed by atoms with E-state index in [0.717, 1.165) is 16.7 Å². The third-order valence-corrected chi connectivity index (χ3v) is 3.94. The fourth-order valence-corrected chi connectivity index (χ4v) is 2.78. The Bertz CT molecular complexity index is 730. The molecule has 1 aromatic carbocycles. The molecule has 3 aromatic rings. The summed E-state index contributed by atoms with van der Waals surface area (Å²) < 4.78 is 0. The Morgan fingerprint density at radius 2 is 2.05 bits per heavy atom. The van der Waals surface area contributed by atoms with Crippen LogP contribution in [0.5, 0.6) is 0 Å². The van der Waals surface area contributed by atoms with Crippen molar-refractivity contribution in [3.8, 4) is 11.1 Å². The summed E-state index contributed by atoms with van der Waals surface area (Å²) in [5, 5.41) is 11.5. The van der Waals surface area contributed by atoms with Crippen LogP contribution in [0.1, 0.15) is 15.2 Å². The number of carbonyl (C=O) groups excluding carboxylic acids is 1. The zero-order valence-electron chi connectivity index (χ0n) is 10.9. The highest BCUT2D eigenvalue weighted by Crippen LogP contribution is 2.28. The van der Waals surface area contributed by atoms with Gasteiger partial charge in [-0.05, 0) is 23.9 Å². The molecule has 3 rings (SSSR count). The molecule has 0 saturated heterocycles. The zero-order chi connectivity index (χ0) is 13.9. The van der Waals surface area contributed by atoms with Crippen LogP contribution in [-0.2, 0) is 0 Å². The molecule has 1 amide bonds. The lowest BCUT2D eigenvalue weighted by Gasteiger charge is -2.05. The summed E-state index contributed by atoms with van der Waals surface area (Å²) in [5.41, 5.74) is 2.90. The number of nitrogens with zero attached hydrogens (tertiary/aromatic N) is 1. The molecular formula is C15H13N3OS. The molecule has 0 atom stereocenters. The summed E-state index contributed by atoms with van der Waals surface area (Å²) in [5.74, 6) is 0.522. The average molecular weight is 283 g/mol. The molecular weight excluding hydrogens is 270 g/mol. The molecule has 0 unspecified atom stereocenters. The molecule has 0 radical (unpaired) electrons. The van der Waals surface area contributed by atoms with Gasteiger partial charge < -0.3 is 5.32 Å². The Morgan fingerprint density at radius 1 is 1.25 bits per heavy atom. The summed E-state index contributed by atoms with van der Waals surface area (Å²) >= 11 is 1.43. The molecule has 2 N–H and O–H groups in total. The number of aryl methyl sites for hydroxylation is 1. The molecule has 0 aliphatic heterocycles. The molecule has 2 aromatic heterocycles. The van der Waals surface area contributed by atoms with E-state index in [1.165, 1.54) is 11.3 Å². The first kappa shape index (κ1) is 12.6. The normalized spacial score (nSPS) is 10.4. The number of thiophene rings is 1. The van der Waals surface area contributed by atoms with Crippen molar-refractivity contribution in [3.63, 3.8) is 0 Å². The second kappa shape index (κ2) is 5.30.